The quantitative estimate of drug-likeness (QED) is 0.876. The fourth-order valence-electron chi connectivity index (χ4n) is 2.47. The molecular formula is C14H17ClFN3O2. The summed E-state index contributed by atoms with van der Waals surface area (Å²) in [7, 11) is 0. The van der Waals surface area contributed by atoms with Crippen molar-refractivity contribution in [1.82, 2.24) is 10.2 Å². The maximum Gasteiger partial charge on any atom is 0.257 e. The number of halogens is 2. The van der Waals surface area contributed by atoms with E-state index in [4.69, 9.17) is 17.3 Å². The van der Waals surface area contributed by atoms with Crippen LogP contribution in [0.2, 0.25) is 5.02 Å². The number of nitrogens with two attached hydrogens (primary N) is 1. The second-order valence-electron chi connectivity index (χ2n) is 5.00. The molecule has 0 bridgehead atoms. The number of nitrogens with one attached hydrogen (secondary N) is 1. The molecule has 0 unspecified atom stereocenters. The molecule has 1 aliphatic heterocycles. The molecule has 1 fully saturated rings. The Morgan fingerprint density at radius 3 is 2.62 bits per heavy atom. The molecule has 1 heterocycles. The molecule has 1 aromatic rings. The Hall–Kier alpha value is -1.66. The van der Waals surface area contributed by atoms with E-state index in [2.05, 4.69) is 5.32 Å². The van der Waals surface area contributed by atoms with Gasteiger partial charge in [0, 0.05) is 11.1 Å². The first-order valence-electron chi connectivity index (χ1n) is 6.74. The molecule has 2 rings (SSSR count). The van der Waals surface area contributed by atoms with Crippen molar-refractivity contribution in [3.8, 4) is 0 Å². The van der Waals surface area contributed by atoms with Gasteiger partial charge in [-0.2, -0.15) is 0 Å². The van der Waals surface area contributed by atoms with Gasteiger partial charge < -0.3 is 16.0 Å². The predicted molar refractivity (Wildman–Crippen MR) is 77.5 cm³/mol. The zero-order valence-electron chi connectivity index (χ0n) is 11.4. The zero-order valence-corrected chi connectivity index (χ0v) is 12.2. The highest BCUT2D eigenvalue weighted by Gasteiger charge is 2.28. The van der Waals surface area contributed by atoms with Crippen LogP contribution in [0.4, 0.5) is 4.39 Å². The number of primary amides is 1. The molecule has 21 heavy (non-hydrogen) atoms. The van der Waals surface area contributed by atoms with Crippen LogP contribution in [0.5, 0.6) is 0 Å². The van der Waals surface area contributed by atoms with Gasteiger partial charge in [-0.25, -0.2) is 4.39 Å². The summed E-state index contributed by atoms with van der Waals surface area (Å²) >= 11 is 5.69. The number of piperidine rings is 1. The van der Waals surface area contributed by atoms with E-state index in [1.165, 1.54) is 17.0 Å². The van der Waals surface area contributed by atoms with Crippen LogP contribution < -0.4 is 11.1 Å². The van der Waals surface area contributed by atoms with Gasteiger partial charge in [-0.1, -0.05) is 11.6 Å². The SMILES string of the molecule is NC(=O)CN(C(=O)c1ccc(Cl)cc1F)C1CCNCC1. The second-order valence-corrected chi connectivity index (χ2v) is 5.44. The van der Waals surface area contributed by atoms with Crippen LogP contribution in [-0.2, 0) is 4.79 Å². The van der Waals surface area contributed by atoms with Crippen LogP contribution in [0.25, 0.3) is 0 Å². The number of rotatable bonds is 4. The molecule has 0 atom stereocenters. The smallest absolute Gasteiger partial charge is 0.257 e. The van der Waals surface area contributed by atoms with Crippen LogP contribution in [-0.4, -0.2) is 42.4 Å². The van der Waals surface area contributed by atoms with Gasteiger partial charge in [0.15, 0.2) is 0 Å². The molecule has 0 aliphatic carbocycles. The summed E-state index contributed by atoms with van der Waals surface area (Å²) in [6.45, 7) is 1.28. The molecule has 7 heteroatoms. The van der Waals surface area contributed by atoms with Crippen LogP contribution in [0, 0.1) is 5.82 Å². The van der Waals surface area contributed by atoms with Gasteiger partial charge in [0.2, 0.25) is 5.91 Å². The summed E-state index contributed by atoms with van der Waals surface area (Å²) < 4.78 is 13.9. The fraction of sp³-hybridized carbons (Fsp3) is 0.429. The number of nitrogens with zero attached hydrogens (tertiary/aromatic N) is 1. The van der Waals surface area contributed by atoms with Gasteiger partial charge in [0.25, 0.3) is 5.91 Å². The van der Waals surface area contributed by atoms with Crippen LogP contribution in [0.3, 0.4) is 0 Å². The minimum atomic E-state index is -0.698. The monoisotopic (exact) mass is 313 g/mol. The molecule has 0 radical (unpaired) electrons. The van der Waals surface area contributed by atoms with Crippen molar-refractivity contribution >= 4 is 23.4 Å². The van der Waals surface area contributed by atoms with Crippen molar-refractivity contribution in [3.05, 3.63) is 34.6 Å². The average Bonchev–Trinajstić information content (AvgIpc) is 2.45. The summed E-state index contributed by atoms with van der Waals surface area (Å²) in [6.07, 6.45) is 1.41. The Kier molecular flexibility index (Phi) is 5.14. The van der Waals surface area contributed by atoms with E-state index in [9.17, 15) is 14.0 Å². The normalized spacial score (nSPS) is 15.7. The molecule has 1 saturated heterocycles. The molecule has 3 N–H and O–H groups in total. The average molecular weight is 314 g/mol. The van der Waals surface area contributed by atoms with Gasteiger partial charge in [-0.05, 0) is 44.1 Å². The minimum absolute atomic E-state index is 0.0980. The number of hydrogen-bond donors (Lipinski definition) is 2. The van der Waals surface area contributed by atoms with Gasteiger partial charge >= 0.3 is 0 Å². The van der Waals surface area contributed by atoms with E-state index in [1.54, 1.807) is 0 Å². The Balaban J connectivity index is 2.26. The number of hydrogen-bond acceptors (Lipinski definition) is 3. The minimum Gasteiger partial charge on any atom is -0.368 e. The Morgan fingerprint density at radius 1 is 1.38 bits per heavy atom. The van der Waals surface area contributed by atoms with Crippen LogP contribution in [0.1, 0.15) is 23.2 Å². The Morgan fingerprint density at radius 2 is 2.05 bits per heavy atom. The summed E-state index contributed by atoms with van der Waals surface area (Å²) in [5.74, 6) is -1.85. The molecule has 0 spiro atoms. The third-order valence-corrected chi connectivity index (χ3v) is 3.73. The van der Waals surface area contributed by atoms with Crippen molar-refractivity contribution in [2.45, 2.75) is 18.9 Å². The zero-order chi connectivity index (χ0) is 15.4. The van der Waals surface area contributed by atoms with E-state index in [-0.39, 0.29) is 23.2 Å². The van der Waals surface area contributed by atoms with Crippen molar-refractivity contribution in [2.24, 2.45) is 5.73 Å². The van der Waals surface area contributed by atoms with Crippen molar-refractivity contribution < 1.29 is 14.0 Å². The highest BCUT2D eigenvalue weighted by molar-refractivity contribution is 6.30. The van der Waals surface area contributed by atoms with E-state index < -0.39 is 17.6 Å². The van der Waals surface area contributed by atoms with Gasteiger partial charge in [-0.15, -0.1) is 0 Å². The lowest BCUT2D eigenvalue weighted by Crippen LogP contribution is -2.49. The van der Waals surface area contributed by atoms with E-state index in [1.807, 2.05) is 0 Å². The maximum absolute atomic E-state index is 13.9. The van der Waals surface area contributed by atoms with Crippen LogP contribution in [0.15, 0.2) is 18.2 Å². The van der Waals surface area contributed by atoms with Crippen molar-refractivity contribution in [2.75, 3.05) is 19.6 Å². The van der Waals surface area contributed by atoms with Gasteiger partial charge in [-0.3, -0.25) is 9.59 Å². The van der Waals surface area contributed by atoms with E-state index in [0.717, 1.165) is 19.2 Å². The first-order valence-corrected chi connectivity index (χ1v) is 7.12. The summed E-state index contributed by atoms with van der Waals surface area (Å²) in [6, 6.07) is 3.73. The lowest BCUT2D eigenvalue weighted by molar-refractivity contribution is -0.119. The van der Waals surface area contributed by atoms with E-state index >= 15 is 0 Å². The molecular weight excluding hydrogens is 297 g/mol. The molecule has 1 aliphatic rings. The number of amides is 2. The highest BCUT2D eigenvalue weighted by Crippen LogP contribution is 2.20. The number of carbonyl (C=O) groups is 2. The third kappa shape index (κ3) is 3.92. The fourth-order valence-corrected chi connectivity index (χ4v) is 2.63. The van der Waals surface area contributed by atoms with Crippen molar-refractivity contribution in [3.63, 3.8) is 0 Å². The molecule has 114 valence electrons. The summed E-state index contributed by atoms with van der Waals surface area (Å²) in [5, 5.41) is 3.39. The predicted octanol–water partition coefficient (Wildman–Crippen LogP) is 1.16. The summed E-state index contributed by atoms with van der Waals surface area (Å²) in [5.41, 5.74) is 5.12. The highest BCUT2D eigenvalue weighted by atomic mass is 35.5. The number of benzene rings is 1. The lowest BCUT2D eigenvalue weighted by atomic mass is 10.0. The molecule has 0 aromatic heterocycles. The first kappa shape index (κ1) is 15.7. The van der Waals surface area contributed by atoms with E-state index in [0.29, 0.717) is 12.8 Å². The van der Waals surface area contributed by atoms with Crippen molar-refractivity contribution in [1.29, 1.82) is 0 Å². The lowest BCUT2D eigenvalue weighted by Gasteiger charge is -2.34. The topological polar surface area (TPSA) is 75.4 Å². The molecule has 5 nitrogen and oxygen atoms in total. The largest absolute Gasteiger partial charge is 0.368 e. The third-order valence-electron chi connectivity index (χ3n) is 3.50. The number of carbonyl (C=O) groups excluding carboxylic acids is 2. The van der Waals surface area contributed by atoms with Gasteiger partial charge in [0.1, 0.15) is 5.82 Å². The Labute approximate surface area is 127 Å². The van der Waals surface area contributed by atoms with Crippen LogP contribution >= 0.6 is 11.6 Å². The molecule has 1 aromatic carbocycles. The van der Waals surface area contributed by atoms with Gasteiger partial charge in [0.05, 0.1) is 12.1 Å². The maximum atomic E-state index is 13.9. The molecule has 0 saturated carbocycles. The Bertz CT molecular complexity index is 547. The summed E-state index contributed by atoms with van der Waals surface area (Å²) in [4.78, 5) is 25.1. The first-order chi connectivity index (χ1) is 9.99. The standard InChI is InChI=1S/C14H17ClFN3O2/c15-9-1-2-11(12(16)7-9)14(21)19(8-13(17)20)10-3-5-18-6-4-10/h1-2,7,10,18H,3-6,8H2,(H2,17,20). The molecule has 2 amide bonds. The second kappa shape index (κ2) is 6.87.